The molecule has 6 heteroatoms. The molecule has 1 atom stereocenters. The first-order chi connectivity index (χ1) is 10.2. The van der Waals surface area contributed by atoms with Gasteiger partial charge in [-0.05, 0) is 45.4 Å². The smallest absolute Gasteiger partial charge is 0.410 e. The van der Waals surface area contributed by atoms with Gasteiger partial charge in [0.1, 0.15) is 5.60 Å². The Morgan fingerprint density at radius 2 is 1.91 bits per heavy atom. The first kappa shape index (κ1) is 16.4. The summed E-state index contributed by atoms with van der Waals surface area (Å²) in [4.78, 5) is 25.7. The minimum Gasteiger partial charge on any atom is -0.444 e. The minimum absolute atomic E-state index is 0.120. The summed E-state index contributed by atoms with van der Waals surface area (Å²) in [5, 5.41) is 0. The third-order valence-corrected chi connectivity index (χ3v) is 3.41. The standard InChI is InChI=1S/C16H19F2NO3/c1-16(2,3)22-15(21)19-7-6-11(9-19)14(20)10-4-5-12(17)13(18)8-10/h4-5,8,11H,6-7,9H2,1-3H3/t11-/m0/s1. The molecule has 1 aromatic carbocycles. The number of halogens is 2. The molecule has 0 aliphatic carbocycles. The van der Waals surface area contributed by atoms with Gasteiger partial charge >= 0.3 is 6.09 Å². The van der Waals surface area contributed by atoms with Crippen molar-refractivity contribution >= 4 is 11.9 Å². The molecule has 0 spiro atoms. The van der Waals surface area contributed by atoms with Gasteiger partial charge in [0.2, 0.25) is 0 Å². The summed E-state index contributed by atoms with van der Waals surface area (Å²) < 4.78 is 31.4. The molecule has 0 aromatic heterocycles. The molecule has 1 saturated heterocycles. The highest BCUT2D eigenvalue weighted by Gasteiger charge is 2.33. The van der Waals surface area contributed by atoms with Crippen LogP contribution in [0.3, 0.4) is 0 Å². The maximum atomic E-state index is 13.2. The number of carbonyl (C=O) groups excluding carboxylic acids is 2. The van der Waals surface area contributed by atoms with Gasteiger partial charge in [-0.2, -0.15) is 0 Å². The van der Waals surface area contributed by atoms with E-state index in [4.69, 9.17) is 4.74 Å². The molecule has 2 rings (SSSR count). The zero-order valence-corrected chi connectivity index (χ0v) is 12.9. The quantitative estimate of drug-likeness (QED) is 0.786. The molecule has 1 fully saturated rings. The van der Waals surface area contributed by atoms with Gasteiger partial charge < -0.3 is 9.64 Å². The summed E-state index contributed by atoms with van der Waals surface area (Å²) in [5.74, 6) is -2.74. The van der Waals surface area contributed by atoms with Gasteiger partial charge in [0.25, 0.3) is 0 Å². The normalized spacial score (nSPS) is 18.4. The maximum absolute atomic E-state index is 13.2. The second kappa shape index (κ2) is 6.02. The lowest BCUT2D eigenvalue weighted by Gasteiger charge is -2.24. The second-order valence-corrected chi connectivity index (χ2v) is 6.41. The Morgan fingerprint density at radius 1 is 1.23 bits per heavy atom. The number of benzene rings is 1. The van der Waals surface area contributed by atoms with Gasteiger partial charge in [0.15, 0.2) is 17.4 Å². The van der Waals surface area contributed by atoms with Crippen LogP contribution < -0.4 is 0 Å². The van der Waals surface area contributed by atoms with Crippen LogP contribution in [0.1, 0.15) is 37.6 Å². The first-order valence-electron chi connectivity index (χ1n) is 7.14. The highest BCUT2D eigenvalue weighted by molar-refractivity contribution is 5.98. The lowest BCUT2D eigenvalue weighted by Crippen LogP contribution is -2.35. The average molecular weight is 311 g/mol. The highest BCUT2D eigenvalue weighted by Crippen LogP contribution is 2.23. The third-order valence-electron chi connectivity index (χ3n) is 3.41. The minimum atomic E-state index is -1.05. The van der Waals surface area contributed by atoms with Crippen molar-refractivity contribution in [2.45, 2.75) is 32.8 Å². The number of likely N-dealkylation sites (tertiary alicyclic amines) is 1. The molecule has 1 heterocycles. The van der Waals surface area contributed by atoms with Crippen molar-refractivity contribution in [3.05, 3.63) is 35.4 Å². The molecule has 0 radical (unpaired) electrons. The Hall–Kier alpha value is -1.98. The number of ketones is 1. The molecule has 0 bridgehead atoms. The zero-order valence-electron chi connectivity index (χ0n) is 12.9. The van der Waals surface area contributed by atoms with Gasteiger partial charge in [0.05, 0.1) is 0 Å². The zero-order chi connectivity index (χ0) is 16.5. The molecule has 0 unspecified atom stereocenters. The fourth-order valence-corrected chi connectivity index (χ4v) is 2.35. The van der Waals surface area contributed by atoms with Crippen molar-refractivity contribution in [1.82, 2.24) is 4.90 Å². The summed E-state index contributed by atoms with van der Waals surface area (Å²) in [6, 6.07) is 3.09. The van der Waals surface area contributed by atoms with E-state index >= 15 is 0 Å². The fraction of sp³-hybridized carbons (Fsp3) is 0.500. The number of nitrogens with zero attached hydrogens (tertiary/aromatic N) is 1. The summed E-state index contributed by atoms with van der Waals surface area (Å²) in [6.45, 7) is 5.95. The number of hydrogen-bond acceptors (Lipinski definition) is 3. The van der Waals surface area contributed by atoms with Crippen LogP contribution in [0.5, 0.6) is 0 Å². The monoisotopic (exact) mass is 311 g/mol. The van der Waals surface area contributed by atoms with Gasteiger partial charge in [-0.3, -0.25) is 4.79 Å². The number of ether oxygens (including phenoxy) is 1. The van der Waals surface area contributed by atoms with Crippen LogP contribution in [0.4, 0.5) is 13.6 Å². The van der Waals surface area contributed by atoms with E-state index in [-0.39, 0.29) is 17.9 Å². The van der Waals surface area contributed by atoms with Crippen LogP contribution in [0.15, 0.2) is 18.2 Å². The summed E-state index contributed by atoms with van der Waals surface area (Å²) in [6.07, 6.45) is 0.0185. The molecule has 120 valence electrons. The molecule has 0 N–H and O–H groups in total. The van der Waals surface area contributed by atoms with E-state index in [9.17, 15) is 18.4 Å². The van der Waals surface area contributed by atoms with Crippen molar-refractivity contribution in [1.29, 1.82) is 0 Å². The van der Waals surface area contributed by atoms with Crippen molar-refractivity contribution in [3.63, 3.8) is 0 Å². The predicted octanol–water partition coefficient (Wildman–Crippen LogP) is 3.40. The predicted molar refractivity (Wildman–Crippen MR) is 76.6 cm³/mol. The number of Topliss-reactive ketones (excluding diaryl/α,β-unsaturated/α-hetero) is 1. The van der Waals surface area contributed by atoms with Gasteiger partial charge in [-0.25, -0.2) is 13.6 Å². The van der Waals surface area contributed by atoms with E-state index in [1.165, 1.54) is 11.0 Å². The van der Waals surface area contributed by atoms with E-state index < -0.39 is 29.2 Å². The molecule has 1 aliphatic rings. The Bertz CT molecular complexity index is 596. The van der Waals surface area contributed by atoms with Crippen molar-refractivity contribution in [3.8, 4) is 0 Å². The van der Waals surface area contributed by atoms with Crippen molar-refractivity contribution in [2.75, 3.05) is 13.1 Å². The molecule has 0 saturated carbocycles. The van der Waals surface area contributed by atoms with Crippen LogP contribution >= 0.6 is 0 Å². The van der Waals surface area contributed by atoms with E-state index in [1.807, 2.05) is 0 Å². The average Bonchev–Trinajstić information content (AvgIpc) is 2.89. The molecule has 1 aromatic rings. The summed E-state index contributed by atoms with van der Waals surface area (Å²) in [5.41, 5.74) is -0.478. The molecule has 4 nitrogen and oxygen atoms in total. The van der Waals surface area contributed by atoms with Crippen LogP contribution in [0.2, 0.25) is 0 Å². The topological polar surface area (TPSA) is 46.6 Å². The maximum Gasteiger partial charge on any atom is 0.410 e. The van der Waals surface area contributed by atoms with Gasteiger partial charge in [-0.15, -0.1) is 0 Å². The molecular weight excluding hydrogens is 292 g/mol. The van der Waals surface area contributed by atoms with E-state index in [0.717, 1.165) is 12.1 Å². The summed E-state index contributed by atoms with van der Waals surface area (Å²) >= 11 is 0. The molecule has 22 heavy (non-hydrogen) atoms. The fourth-order valence-electron chi connectivity index (χ4n) is 2.35. The van der Waals surface area contributed by atoms with E-state index in [1.54, 1.807) is 20.8 Å². The Morgan fingerprint density at radius 3 is 2.50 bits per heavy atom. The van der Waals surface area contributed by atoms with Crippen LogP contribution in [-0.4, -0.2) is 35.5 Å². The largest absolute Gasteiger partial charge is 0.444 e. The third kappa shape index (κ3) is 3.81. The highest BCUT2D eigenvalue weighted by atomic mass is 19.2. The van der Waals surface area contributed by atoms with Crippen LogP contribution in [-0.2, 0) is 4.74 Å². The number of amides is 1. The number of rotatable bonds is 2. The Balaban J connectivity index is 2.02. The van der Waals surface area contributed by atoms with Crippen molar-refractivity contribution < 1.29 is 23.1 Å². The Kier molecular flexibility index (Phi) is 4.49. The summed E-state index contributed by atoms with van der Waals surface area (Å²) in [7, 11) is 0. The molecule has 1 amide bonds. The number of hydrogen-bond donors (Lipinski definition) is 0. The van der Waals surface area contributed by atoms with Gasteiger partial charge in [0, 0.05) is 24.6 Å². The van der Waals surface area contributed by atoms with E-state index in [2.05, 4.69) is 0 Å². The Labute approximate surface area is 128 Å². The molecular formula is C16H19F2NO3. The number of carbonyl (C=O) groups is 2. The van der Waals surface area contributed by atoms with Crippen molar-refractivity contribution in [2.24, 2.45) is 5.92 Å². The van der Waals surface area contributed by atoms with Gasteiger partial charge in [-0.1, -0.05) is 0 Å². The SMILES string of the molecule is CC(C)(C)OC(=O)N1CC[C@H](C(=O)c2ccc(F)c(F)c2)C1. The first-order valence-corrected chi connectivity index (χ1v) is 7.14. The lowest BCUT2D eigenvalue weighted by molar-refractivity contribution is 0.0289. The van der Waals surface area contributed by atoms with Crippen LogP contribution in [0, 0.1) is 17.6 Å². The second-order valence-electron chi connectivity index (χ2n) is 6.41. The van der Waals surface area contributed by atoms with Crippen LogP contribution in [0.25, 0.3) is 0 Å². The lowest BCUT2D eigenvalue weighted by atomic mass is 9.97. The molecule has 1 aliphatic heterocycles. The van der Waals surface area contributed by atoms with E-state index in [0.29, 0.717) is 13.0 Å².